The van der Waals surface area contributed by atoms with E-state index < -0.39 is 23.9 Å². The number of carbonyl (C=O) groups excluding carboxylic acids is 2. The number of carbonyl (C=O) groups is 6. The molecule has 2 amide bonds. The average molecular weight is 1220 g/mol. The van der Waals surface area contributed by atoms with E-state index in [1.54, 1.807) is 24.3 Å². The molecule has 4 saturated carbocycles. The molecule has 4 aromatic carbocycles. The van der Waals surface area contributed by atoms with Gasteiger partial charge >= 0.3 is 23.9 Å². The molecular weight excluding hydrogens is 1150 g/mol. The lowest BCUT2D eigenvalue weighted by Crippen LogP contribution is -2.53. The van der Waals surface area contributed by atoms with Gasteiger partial charge in [0, 0.05) is 25.9 Å². The van der Waals surface area contributed by atoms with Gasteiger partial charge in [-0.2, -0.15) is 0 Å². The van der Waals surface area contributed by atoms with Crippen molar-refractivity contribution in [2.75, 3.05) is 41.5 Å². The second-order valence-corrected chi connectivity index (χ2v) is 24.5. The van der Waals surface area contributed by atoms with Crippen molar-refractivity contribution in [3.63, 3.8) is 0 Å². The van der Waals surface area contributed by atoms with E-state index in [1.165, 1.54) is 64.8 Å². The van der Waals surface area contributed by atoms with Crippen LogP contribution in [0.3, 0.4) is 0 Å². The number of hydrogen-bond donors (Lipinski definition) is 6. The van der Waals surface area contributed by atoms with Gasteiger partial charge in [-0.15, -0.1) is 0 Å². The molecule has 0 radical (unpaired) electrons. The normalized spacial score (nSPS) is 23.3. The Kier molecular flexibility index (Phi) is 19.8. The van der Waals surface area contributed by atoms with Crippen LogP contribution in [0.5, 0.6) is 23.0 Å². The topological polar surface area (TPSA) is 244 Å². The first-order valence-electron chi connectivity index (χ1n) is 27.9. The molecule has 4 aromatic rings. The molecule has 8 rings (SSSR count). The highest BCUT2D eigenvalue weighted by atomic mass is 35.5. The molecule has 83 heavy (non-hydrogen) atoms. The number of benzene rings is 4. The Labute approximate surface area is 502 Å². The Morgan fingerprint density at radius 3 is 1.27 bits per heavy atom. The summed E-state index contributed by atoms with van der Waals surface area (Å²) in [5.74, 6) is -2.63. The van der Waals surface area contributed by atoms with E-state index >= 15 is 0 Å². The molecule has 0 unspecified atom stereocenters. The summed E-state index contributed by atoms with van der Waals surface area (Å²) in [5, 5.41) is 46.5. The monoisotopic (exact) mass is 1220 g/mol. The van der Waals surface area contributed by atoms with E-state index in [0.29, 0.717) is 82.8 Å². The van der Waals surface area contributed by atoms with Gasteiger partial charge in [0.2, 0.25) is 11.8 Å². The third-order valence-electron chi connectivity index (χ3n) is 18.7. The average Bonchev–Trinajstić information content (AvgIpc) is 2.60. The second kappa shape index (κ2) is 26.2. The van der Waals surface area contributed by atoms with E-state index in [-0.39, 0.29) is 113 Å². The number of nitrogens with one attached hydrogen (secondary N) is 2. The van der Waals surface area contributed by atoms with Gasteiger partial charge in [0.15, 0.2) is 23.0 Å². The molecule has 16 nitrogen and oxygen atoms in total. The predicted octanol–water partition coefficient (Wildman–Crippen LogP) is 13.8. The van der Waals surface area contributed by atoms with E-state index in [4.69, 9.17) is 65.4 Å². The molecule has 0 aliphatic heterocycles. The van der Waals surface area contributed by atoms with Crippen molar-refractivity contribution in [2.24, 2.45) is 46.3 Å². The molecule has 6 N–H and O–H groups in total. The van der Waals surface area contributed by atoms with Gasteiger partial charge in [-0.05, 0) is 199 Å². The van der Waals surface area contributed by atoms with Crippen LogP contribution in [-0.2, 0) is 9.59 Å². The minimum Gasteiger partial charge on any atom is -0.494 e. The summed E-state index contributed by atoms with van der Waals surface area (Å²) in [6.45, 7) is 5.43. The van der Waals surface area contributed by atoms with Crippen LogP contribution in [0.1, 0.15) is 161 Å². The molecule has 4 aliphatic rings. The molecular formula is C63H70Cl4N2O14. The van der Waals surface area contributed by atoms with Crippen LogP contribution in [0.4, 0.5) is 0 Å². The van der Waals surface area contributed by atoms with Crippen LogP contribution in [0.2, 0.25) is 20.1 Å². The summed E-state index contributed by atoms with van der Waals surface area (Å²) in [7, 11) is 5.27. The third kappa shape index (κ3) is 13.0. The highest BCUT2D eigenvalue weighted by molar-refractivity contribution is 6.34. The fourth-order valence-corrected chi connectivity index (χ4v) is 15.9. The molecule has 20 heteroatoms. The smallest absolute Gasteiger partial charge is 0.339 e. The van der Waals surface area contributed by atoms with Crippen molar-refractivity contribution < 1.29 is 68.1 Å². The van der Waals surface area contributed by atoms with Crippen LogP contribution >= 0.6 is 46.4 Å². The minimum atomic E-state index is -1.27. The van der Waals surface area contributed by atoms with Crippen LogP contribution in [-0.4, -0.2) is 97.6 Å². The molecule has 4 fully saturated rings. The zero-order chi connectivity index (χ0) is 60.2. The molecule has 8 atom stereocenters. The van der Waals surface area contributed by atoms with Crippen molar-refractivity contribution in [1.82, 2.24) is 10.6 Å². The molecule has 0 aromatic heterocycles. The van der Waals surface area contributed by atoms with Gasteiger partial charge in [0.05, 0.1) is 48.5 Å². The maximum Gasteiger partial charge on any atom is 0.339 e. The maximum atomic E-state index is 13.8. The van der Waals surface area contributed by atoms with Gasteiger partial charge in [-0.1, -0.05) is 72.4 Å². The quantitative estimate of drug-likeness (QED) is 0.0401. The second-order valence-electron chi connectivity index (χ2n) is 22.9. The van der Waals surface area contributed by atoms with E-state index in [0.717, 1.165) is 57.8 Å². The van der Waals surface area contributed by atoms with Crippen molar-refractivity contribution in [3.05, 3.63) is 125 Å². The number of carboxylic acid groups (broad SMARTS) is 4. The number of fused-ring (bicyclic) bond motifs is 5. The summed E-state index contributed by atoms with van der Waals surface area (Å²) < 4.78 is 21.1. The highest BCUT2D eigenvalue weighted by Crippen LogP contribution is 2.68. The molecule has 0 saturated heterocycles. The SMILES string of the molecule is COc1c(Cl)cc(C(=CCCNC(=O)C[C@H]2CC[C@@]3(C)[C@@H](CC[C@@H]4[C@@H]3CC[C@]3(C)[C@@H](CC(=O)NCCC=C(c5cc(Cl)c(OC)c(C(=O)O)c5)c5cc(Cl)c(OC)c(C(=O)O)c5)CC[C@@H]43)C2)c2cc(Cl)c(OC)c(C(=O)O)c2)cc1C(=O)O. The lowest BCUT2D eigenvalue weighted by molar-refractivity contribution is -0.131. The van der Waals surface area contributed by atoms with Crippen LogP contribution in [0.25, 0.3) is 11.1 Å². The van der Waals surface area contributed by atoms with Gasteiger partial charge < -0.3 is 50.0 Å². The number of amides is 2. The zero-order valence-corrected chi connectivity index (χ0v) is 50.3. The lowest BCUT2D eigenvalue weighted by atomic mass is 9.44. The third-order valence-corrected chi connectivity index (χ3v) is 19.8. The Hall–Kier alpha value is -6.46. The summed E-state index contributed by atoms with van der Waals surface area (Å²) in [4.78, 5) is 76.6. The Morgan fingerprint density at radius 2 is 0.880 bits per heavy atom. The van der Waals surface area contributed by atoms with Crippen LogP contribution in [0.15, 0.2) is 60.7 Å². The largest absolute Gasteiger partial charge is 0.494 e. The standard InChI is InChI=1S/C63H70Cl4N2O14/c1-62-17-15-32(22-52(70)68-19-7-9-39(33-23-42(58(72)73)54(80-3)48(64)27-33)34-24-43(59(74)75)55(81-4)49(65)28-34)21-37(62)11-13-41-46-14-12-38(63(46,2)18-16-47(41)62)31-53(71)69-20-8-10-40(35-25-44(60(76)77)56(82-5)50(66)29-35)36-26-45(61(78)79)57(83-6)51(67)30-36/h9-10,23-30,32,37-38,41,46-47H,7-8,11-22,31H2,1-6H3,(H,68,70)(H,69,71)(H,72,73)(H,74,75)(H,76,77)(H,78,79)/t32-,37-,38+,41-,46-,47-,62-,63+/m0/s1. The Bertz CT molecular complexity index is 3140. The number of halogens is 4. The van der Waals surface area contributed by atoms with Crippen LogP contribution in [0, 0.1) is 46.3 Å². The van der Waals surface area contributed by atoms with Gasteiger partial charge in [0.25, 0.3) is 0 Å². The Balaban J connectivity index is 0.875. The molecule has 0 heterocycles. The summed E-state index contributed by atoms with van der Waals surface area (Å²) in [6.07, 6.45) is 14.5. The van der Waals surface area contributed by atoms with Crippen LogP contribution < -0.4 is 29.6 Å². The fourth-order valence-electron chi connectivity index (χ4n) is 14.7. The number of rotatable bonds is 22. The highest BCUT2D eigenvalue weighted by Gasteiger charge is 2.60. The van der Waals surface area contributed by atoms with Crippen molar-refractivity contribution in [1.29, 1.82) is 0 Å². The number of ether oxygens (including phenoxy) is 4. The molecule has 444 valence electrons. The summed E-state index contributed by atoms with van der Waals surface area (Å²) in [5.41, 5.74) is 1.86. The first kappa shape index (κ1) is 62.6. The predicted molar refractivity (Wildman–Crippen MR) is 317 cm³/mol. The number of hydrogen-bond acceptors (Lipinski definition) is 10. The number of methoxy groups -OCH3 is 4. The van der Waals surface area contributed by atoms with E-state index in [1.807, 2.05) is 0 Å². The number of aromatic carboxylic acids is 4. The first-order chi connectivity index (χ1) is 39.5. The molecule has 4 aliphatic carbocycles. The lowest BCUT2D eigenvalue weighted by Gasteiger charge is -2.61. The Morgan fingerprint density at radius 1 is 0.506 bits per heavy atom. The first-order valence-corrected chi connectivity index (χ1v) is 29.4. The van der Waals surface area contributed by atoms with E-state index in [9.17, 15) is 49.2 Å². The van der Waals surface area contributed by atoms with Gasteiger partial charge in [0.1, 0.15) is 22.3 Å². The molecule has 0 bridgehead atoms. The number of carboxylic acids is 4. The fraction of sp³-hybridized carbons (Fsp3) is 0.460. The zero-order valence-electron chi connectivity index (χ0n) is 47.2. The molecule has 0 spiro atoms. The van der Waals surface area contributed by atoms with Gasteiger partial charge in [-0.25, -0.2) is 19.2 Å². The van der Waals surface area contributed by atoms with Crippen molar-refractivity contribution in [3.8, 4) is 23.0 Å². The summed E-state index contributed by atoms with van der Waals surface area (Å²) in [6, 6.07) is 11.8. The van der Waals surface area contributed by atoms with E-state index in [2.05, 4.69) is 24.5 Å². The van der Waals surface area contributed by atoms with Gasteiger partial charge in [-0.3, -0.25) is 9.59 Å². The minimum absolute atomic E-state index is 0.0214. The maximum absolute atomic E-state index is 13.8. The summed E-state index contributed by atoms with van der Waals surface area (Å²) >= 11 is 26.1. The van der Waals surface area contributed by atoms with Crippen molar-refractivity contribution >= 4 is 93.2 Å². The van der Waals surface area contributed by atoms with Crippen molar-refractivity contribution in [2.45, 2.75) is 97.3 Å².